The molecule has 0 heterocycles. The molecule has 0 rings (SSSR count). The van der Waals surface area contributed by atoms with E-state index in [1.165, 1.54) is 77.0 Å². The Labute approximate surface area is 339 Å². The Morgan fingerprint density at radius 3 is 1.18 bits per heavy atom. The molecule has 0 amide bonds. The molecule has 0 aliphatic heterocycles. The van der Waals surface area contributed by atoms with Crippen LogP contribution in [-0.4, -0.2) is 37.2 Å². The first kappa shape index (κ1) is 52.1. The van der Waals surface area contributed by atoms with Gasteiger partial charge >= 0.3 is 17.9 Å². The Bertz CT molecular complexity index is 1020. The molecule has 55 heavy (non-hydrogen) atoms. The van der Waals surface area contributed by atoms with Crippen molar-refractivity contribution in [3.05, 3.63) is 60.8 Å². The molecule has 0 aromatic heterocycles. The second-order valence-electron chi connectivity index (χ2n) is 15.0. The highest BCUT2D eigenvalue weighted by Crippen LogP contribution is 2.13. The molecule has 6 heteroatoms. The number of carbonyl (C=O) groups excluding carboxylic acids is 3. The topological polar surface area (TPSA) is 78.9 Å². The van der Waals surface area contributed by atoms with Crippen molar-refractivity contribution in [2.45, 2.75) is 219 Å². The third kappa shape index (κ3) is 42.1. The third-order valence-electron chi connectivity index (χ3n) is 9.60. The molecule has 1 unspecified atom stereocenters. The maximum atomic E-state index is 12.7. The molecule has 0 aliphatic rings. The number of hydrogen-bond acceptors (Lipinski definition) is 6. The molecule has 6 nitrogen and oxygen atoms in total. The standard InChI is InChI=1S/C49H84O6/c1-4-7-10-13-16-19-21-23-24-26-27-30-33-36-39-42-48(51)54-45-46(44-53-47(50)41-38-35-32-29-18-15-12-9-6-3)55-49(52)43-40-37-34-31-28-25-22-20-17-14-11-8-5-2/h7,10,13,16,19,21,23-25,28,46H,4-6,8-9,11-12,14-15,17-18,20,22,26-27,29-45H2,1-3H3/b10-7-,16-13-,21-19-,24-23-,28-25-. The van der Waals surface area contributed by atoms with Gasteiger partial charge in [0.15, 0.2) is 6.10 Å². The predicted octanol–water partition coefficient (Wildman–Crippen LogP) is 14.5. The van der Waals surface area contributed by atoms with Crippen LogP contribution in [-0.2, 0) is 28.6 Å². The molecule has 0 saturated heterocycles. The average molecular weight is 769 g/mol. The summed E-state index contributed by atoms with van der Waals surface area (Å²) >= 11 is 0. The molecule has 0 radical (unpaired) electrons. The van der Waals surface area contributed by atoms with E-state index in [1.54, 1.807) is 0 Å². The van der Waals surface area contributed by atoms with Crippen molar-refractivity contribution in [3.8, 4) is 0 Å². The molecular formula is C49H84O6. The van der Waals surface area contributed by atoms with Crippen molar-refractivity contribution in [1.29, 1.82) is 0 Å². The highest BCUT2D eigenvalue weighted by molar-refractivity contribution is 5.71. The van der Waals surface area contributed by atoms with E-state index in [0.29, 0.717) is 19.3 Å². The fraction of sp³-hybridized carbons (Fsp3) is 0.735. The van der Waals surface area contributed by atoms with Crippen molar-refractivity contribution < 1.29 is 28.6 Å². The van der Waals surface area contributed by atoms with E-state index in [2.05, 4.69) is 63.3 Å². The van der Waals surface area contributed by atoms with E-state index in [-0.39, 0.29) is 31.1 Å². The van der Waals surface area contributed by atoms with Gasteiger partial charge in [0.05, 0.1) is 0 Å². The van der Waals surface area contributed by atoms with Gasteiger partial charge in [0.25, 0.3) is 0 Å². The minimum Gasteiger partial charge on any atom is -0.462 e. The zero-order valence-electron chi connectivity index (χ0n) is 35.9. The Kier molecular flexibility index (Phi) is 41.5. The van der Waals surface area contributed by atoms with Crippen LogP contribution in [0.2, 0.25) is 0 Å². The summed E-state index contributed by atoms with van der Waals surface area (Å²) in [5.41, 5.74) is 0. The summed E-state index contributed by atoms with van der Waals surface area (Å²) in [6.45, 7) is 6.42. The lowest BCUT2D eigenvalue weighted by Crippen LogP contribution is -2.30. The molecule has 1 atom stereocenters. The Balaban J connectivity index is 4.42. The van der Waals surface area contributed by atoms with Crippen molar-refractivity contribution in [2.75, 3.05) is 13.2 Å². The van der Waals surface area contributed by atoms with Crippen LogP contribution in [0.1, 0.15) is 213 Å². The average Bonchev–Trinajstić information content (AvgIpc) is 3.18. The Morgan fingerprint density at radius 2 is 0.727 bits per heavy atom. The first-order valence-corrected chi connectivity index (χ1v) is 22.8. The SMILES string of the molecule is CC\C=C/C=C\C=C/C=C\CCCCCCCC(=O)OCC(COC(=O)CCCCCCCCCCC)OC(=O)CCCCC/C=C\CCCCCCCC. The Morgan fingerprint density at radius 1 is 0.382 bits per heavy atom. The minimum atomic E-state index is -0.787. The zero-order chi connectivity index (χ0) is 40.1. The summed E-state index contributed by atoms with van der Waals surface area (Å²) < 4.78 is 16.7. The smallest absolute Gasteiger partial charge is 0.306 e. The van der Waals surface area contributed by atoms with Crippen molar-refractivity contribution in [1.82, 2.24) is 0 Å². The van der Waals surface area contributed by atoms with E-state index in [4.69, 9.17) is 14.2 Å². The normalized spacial score (nSPS) is 12.6. The van der Waals surface area contributed by atoms with Gasteiger partial charge in [0, 0.05) is 19.3 Å². The number of allylic oxidation sites excluding steroid dienone is 10. The monoisotopic (exact) mass is 769 g/mol. The summed E-state index contributed by atoms with van der Waals surface area (Å²) in [7, 11) is 0. The summed E-state index contributed by atoms with van der Waals surface area (Å²) in [5.74, 6) is -0.933. The van der Waals surface area contributed by atoms with Crippen molar-refractivity contribution in [3.63, 3.8) is 0 Å². The molecule has 0 fully saturated rings. The summed E-state index contributed by atoms with van der Waals surface area (Å²) in [4.78, 5) is 37.7. The van der Waals surface area contributed by atoms with Crippen LogP contribution in [0, 0.1) is 0 Å². The van der Waals surface area contributed by atoms with Crippen LogP contribution in [0.5, 0.6) is 0 Å². The predicted molar refractivity (Wildman–Crippen MR) is 233 cm³/mol. The summed E-state index contributed by atoms with van der Waals surface area (Å²) in [5, 5.41) is 0. The van der Waals surface area contributed by atoms with E-state index < -0.39 is 6.10 Å². The summed E-state index contributed by atoms with van der Waals surface area (Å²) in [6, 6.07) is 0. The minimum absolute atomic E-state index is 0.0874. The molecule has 316 valence electrons. The van der Waals surface area contributed by atoms with Crippen molar-refractivity contribution >= 4 is 17.9 Å². The maximum Gasteiger partial charge on any atom is 0.306 e. The lowest BCUT2D eigenvalue weighted by molar-refractivity contribution is -0.167. The van der Waals surface area contributed by atoms with E-state index in [9.17, 15) is 14.4 Å². The molecule has 0 aromatic carbocycles. The van der Waals surface area contributed by atoms with Gasteiger partial charge in [-0.15, -0.1) is 0 Å². The van der Waals surface area contributed by atoms with Gasteiger partial charge in [-0.05, 0) is 64.2 Å². The van der Waals surface area contributed by atoms with Gasteiger partial charge in [-0.25, -0.2) is 0 Å². The first-order chi connectivity index (χ1) is 27.0. The quantitative estimate of drug-likeness (QED) is 0.0203. The second-order valence-corrected chi connectivity index (χ2v) is 15.0. The number of ether oxygens (including phenoxy) is 3. The maximum absolute atomic E-state index is 12.7. The van der Waals surface area contributed by atoms with Gasteiger partial charge in [0.1, 0.15) is 13.2 Å². The zero-order valence-corrected chi connectivity index (χ0v) is 35.9. The summed E-state index contributed by atoms with van der Waals surface area (Å²) in [6.07, 6.45) is 52.0. The second kappa shape index (κ2) is 43.8. The fourth-order valence-electron chi connectivity index (χ4n) is 6.15. The van der Waals surface area contributed by atoms with Crippen LogP contribution in [0.25, 0.3) is 0 Å². The molecule has 0 aliphatic carbocycles. The number of hydrogen-bond donors (Lipinski definition) is 0. The molecule has 0 bridgehead atoms. The van der Waals surface area contributed by atoms with Crippen LogP contribution in [0.3, 0.4) is 0 Å². The van der Waals surface area contributed by atoms with Gasteiger partial charge in [0.2, 0.25) is 0 Å². The molecule has 0 saturated carbocycles. The molecule has 0 N–H and O–H groups in total. The van der Waals surface area contributed by atoms with Gasteiger partial charge in [-0.3, -0.25) is 14.4 Å². The van der Waals surface area contributed by atoms with Crippen LogP contribution < -0.4 is 0 Å². The number of esters is 3. The number of unbranched alkanes of at least 4 members (excludes halogenated alkanes) is 22. The fourth-order valence-corrected chi connectivity index (χ4v) is 6.15. The van der Waals surface area contributed by atoms with E-state index >= 15 is 0 Å². The number of carbonyl (C=O) groups is 3. The van der Waals surface area contributed by atoms with Gasteiger partial charge in [-0.1, -0.05) is 191 Å². The lowest BCUT2D eigenvalue weighted by atomic mass is 10.1. The first-order valence-electron chi connectivity index (χ1n) is 22.8. The largest absolute Gasteiger partial charge is 0.462 e. The van der Waals surface area contributed by atoms with E-state index in [1.807, 2.05) is 18.2 Å². The van der Waals surface area contributed by atoms with Crippen LogP contribution in [0.15, 0.2) is 60.8 Å². The van der Waals surface area contributed by atoms with Gasteiger partial charge < -0.3 is 14.2 Å². The highest BCUT2D eigenvalue weighted by atomic mass is 16.6. The number of rotatable bonds is 40. The van der Waals surface area contributed by atoms with Gasteiger partial charge in [-0.2, -0.15) is 0 Å². The van der Waals surface area contributed by atoms with E-state index in [0.717, 1.165) is 96.3 Å². The molecule has 0 aromatic rings. The molecular weight excluding hydrogens is 685 g/mol. The highest BCUT2D eigenvalue weighted by Gasteiger charge is 2.19. The van der Waals surface area contributed by atoms with Crippen LogP contribution >= 0.6 is 0 Å². The Hall–Kier alpha value is -2.89. The van der Waals surface area contributed by atoms with Crippen LogP contribution in [0.4, 0.5) is 0 Å². The van der Waals surface area contributed by atoms with Crippen molar-refractivity contribution in [2.24, 2.45) is 0 Å². The third-order valence-corrected chi connectivity index (χ3v) is 9.60. The molecule has 0 spiro atoms. The lowest BCUT2D eigenvalue weighted by Gasteiger charge is -2.18.